The summed E-state index contributed by atoms with van der Waals surface area (Å²) in [5, 5.41) is 3.86. The van der Waals surface area contributed by atoms with Crippen molar-refractivity contribution in [2.24, 2.45) is 17.8 Å². The van der Waals surface area contributed by atoms with Crippen LogP contribution in [0.3, 0.4) is 0 Å². The van der Waals surface area contributed by atoms with Crippen molar-refractivity contribution in [1.82, 2.24) is 5.32 Å². The van der Waals surface area contributed by atoms with Crippen LogP contribution >= 0.6 is 0 Å². The van der Waals surface area contributed by atoms with Crippen molar-refractivity contribution >= 4 is 0 Å². The van der Waals surface area contributed by atoms with Gasteiger partial charge in [-0.15, -0.1) is 0 Å². The van der Waals surface area contributed by atoms with Crippen molar-refractivity contribution < 1.29 is 4.74 Å². The summed E-state index contributed by atoms with van der Waals surface area (Å²) in [6, 6.07) is 0.667. The summed E-state index contributed by atoms with van der Waals surface area (Å²) in [5.41, 5.74) is 0.204. The van der Waals surface area contributed by atoms with E-state index in [0.717, 1.165) is 24.3 Å². The van der Waals surface area contributed by atoms with Gasteiger partial charge in [0.15, 0.2) is 0 Å². The van der Waals surface area contributed by atoms with Gasteiger partial charge >= 0.3 is 0 Å². The van der Waals surface area contributed by atoms with Crippen LogP contribution in [0, 0.1) is 17.8 Å². The lowest BCUT2D eigenvalue weighted by Crippen LogP contribution is -2.49. The molecular weight excluding hydrogens is 246 g/mol. The lowest BCUT2D eigenvalue weighted by Gasteiger charge is -2.46. The molecule has 3 atom stereocenters. The SMILES string of the molecule is CCCNC(CC1(OC)CCC1)C1CC(C)CC(C)C1. The van der Waals surface area contributed by atoms with Gasteiger partial charge in [-0.1, -0.05) is 20.8 Å². The van der Waals surface area contributed by atoms with E-state index in [9.17, 15) is 0 Å². The minimum atomic E-state index is 0.204. The fourth-order valence-electron chi connectivity index (χ4n) is 4.54. The van der Waals surface area contributed by atoms with Gasteiger partial charge in [-0.05, 0) is 75.7 Å². The highest BCUT2D eigenvalue weighted by Gasteiger charge is 2.41. The van der Waals surface area contributed by atoms with Crippen LogP contribution in [0.4, 0.5) is 0 Å². The Balaban J connectivity index is 1.98. The molecule has 118 valence electrons. The molecule has 2 rings (SSSR count). The molecule has 2 nitrogen and oxygen atoms in total. The first-order chi connectivity index (χ1) is 9.58. The molecule has 20 heavy (non-hydrogen) atoms. The highest BCUT2D eigenvalue weighted by molar-refractivity contribution is 4.96. The van der Waals surface area contributed by atoms with Crippen LogP contribution in [0.15, 0.2) is 0 Å². The fourth-order valence-corrected chi connectivity index (χ4v) is 4.54. The van der Waals surface area contributed by atoms with E-state index in [-0.39, 0.29) is 5.60 Å². The quantitative estimate of drug-likeness (QED) is 0.747. The Morgan fingerprint density at radius 2 is 1.80 bits per heavy atom. The fraction of sp³-hybridized carbons (Fsp3) is 1.00. The highest BCUT2D eigenvalue weighted by atomic mass is 16.5. The third-order valence-electron chi connectivity index (χ3n) is 5.73. The predicted molar refractivity (Wildman–Crippen MR) is 86.0 cm³/mol. The largest absolute Gasteiger partial charge is 0.378 e. The molecule has 2 heteroatoms. The second kappa shape index (κ2) is 7.26. The van der Waals surface area contributed by atoms with Crippen molar-refractivity contribution in [1.29, 1.82) is 0 Å². The topological polar surface area (TPSA) is 21.3 Å². The summed E-state index contributed by atoms with van der Waals surface area (Å²) < 4.78 is 5.89. The molecule has 1 N–H and O–H groups in total. The third kappa shape index (κ3) is 3.98. The monoisotopic (exact) mass is 281 g/mol. The number of ether oxygens (including phenoxy) is 1. The second-order valence-corrected chi connectivity index (χ2v) is 7.68. The lowest BCUT2D eigenvalue weighted by molar-refractivity contribution is -0.0889. The van der Waals surface area contributed by atoms with Crippen LogP contribution in [0.1, 0.15) is 72.1 Å². The summed E-state index contributed by atoms with van der Waals surface area (Å²) in [6.45, 7) is 8.30. The predicted octanol–water partition coefficient (Wildman–Crippen LogP) is 4.39. The van der Waals surface area contributed by atoms with E-state index in [1.807, 2.05) is 7.11 Å². The zero-order valence-electron chi connectivity index (χ0n) is 14.1. The van der Waals surface area contributed by atoms with E-state index < -0.39 is 0 Å². The molecule has 0 saturated heterocycles. The molecule has 0 amide bonds. The Kier molecular flexibility index (Phi) is 5.92. The minimum Gasteiger partial charge on any atom is -0.378 e. The van der Waals surface area contributed by atoms with E-state index >= 15 is 0 Å². The first-order valence-electron chi connectivity index (χ1n) is 8.87. The Labute approximate surface area is 126 Å². The number of methoxy groups -OCH3 is 1. The maximum Gasteiger partial charge on any atom is 0.0693 e. The number of hydrogen-bond acceptors (Lipinski definition) is 2. The molecule has 2 aliphatic carbocycles. The molecule has 2 saturated carbocycles. The summed E-state index contributed by atoms with van der Waals surface area (Å²) in [6.07, 6.45) is 10.6. The molecule has 0 radical (unpaired) electrons. The summed E-state index contributed by atoms with van der Waals surface area (Å²) in [7, 11) is 1.92. The maximum atomic E-state index is 5.89. The van der Waals surface area contributed by atoms with Crippen LogP contribution in [0.25, 0.3) is 0 Å². The zero-order chi connectivity index (χ0) is 14.6. The molecule has 0 aromatic carbocycles. The van der Waals surface area contributed by atoms with Gasteiger partial charge in [-0.25, -0.2) is 0 Å². The normalized spacial score (nSPS) is 34.5. The van der Waals surface area contributed by atoms with Crippen LogP contribution in [0.2, 0.25) is 0 Å². The molecule has 2 aliphatic rings. The molecule has 0 bridgehead atoms. The van der Waals surface area contributed by atoms with Gasteiger partial charge in [-0.2, -0.15) is 0 Å². The molecule has 0 aromatic rings. The van der Waals surface area contributed by atoms with Gasteiger partial charge in [-0.3, -0.25) is 0 Å². The Hall–Kier alpha value is -0.0800. The van der Waals surface area contributed by atoms with Crippen LogP contribution < -0.4 is 5.32 Å². The van der Waals surface area contributed by atoms with Crippen LogP contribution in [0.5, 0.6) is 0 Å². The molecule has 0 spiro atoms. The standard InChI is InChI=1S/C18H35NO/c1-5-9-19-17(13-18(20-4)7-6-8-18)16-11-14(2)10-15(3)12-16/h14-17,19H,5-13H2,1-4H3. The molecule has 3 unspecified atom stereocenters. The van der Waals surface area contributed by atoms with Crippen molar-refractivity contribution in [2.45, 2.75) is 83.8 Å². The van der Waals surface area contributed by atoms with Gasteiger partial charge in [0.25, 0.3) is 0 Å². The number of nitrogens with one attached hydrogen (secondary N) is 1. The van der Waals surface area contributed by atoms with E-state index in [2.05, 4.69) is 26.1 Å². The molecule has 0 aliphatic heterocycles. The van der Waals surface area contributed by atoms with E-state index in [1.165, 1.54) is 51.4 Å². The Morgan fingerprint density at radius 1 is 1.15 bits per heavy atom. The highest BCUT2D eigenvalue weighted by Crippen LogP contribution is 2.43. The van der Waals surface area contributed by atoms with Crippen molar-refractivity contribution in [3.05, 3.63) is 0 Å². The average molecular weight is 281 g/mol. The first kappa shape index (κ1) is 16.3. The van der Waals surface area contributed by atoms with E-state index in [4.69, 9.17) is 4.74 Å². The minimum absolute atomic E-state index is 0.204. The Morgan fingerprint density at radius 3 is 2.25 bits per heavy atom. The smallest absolute Gasteiger partial charge is 0.0693 e. The van der Waals surface area contributed by atoms with Gasteiger partial charge in [0.2, 0.25) is 0 Å². The average Bonchev–Trinajstić information content (AvgIpc) is 2.36. The molecular formula is C18H35NO. The van der Waals surface area contributed by atoms with Gasteiger partial charge < -0.3 is 10.1 Å². The molecule has 0 heterocycles. The summed E-state index contributed by atoms with van der Waals surface area (Å²) in [4.78, 5) is 0. The van der Waals surface area contributed by atoms with Gasteiger partial charge in [0, 0.05) is 13.2 Å². The van der Waals surface area contributed by atoms with Crippen molar-refractivity contribution in [2.75, 3.05) is 13.7 Å². The zero-order valence-corrected chi connectivity index (χ0v) is 14.1. The van der Waals surface area contributed by atoms with Gasteiger partial charge in [0.1, 0.15) is 0 Å². The van der Waals surface area contributed by atoms with Crippen LogP contribution in [-0.4, -0.2) is 25.3 Å². The van der Waals surface area contributed by atoms with Crippen LogP contribution in [-0.2, 0) is 4.74 Å². The number of rotatable bonds is 7. The van der Waals surface area contributed by atoms with Crippen molar-refractivity contribution in [3.8, 4) is 0 Å². The van der Waals surface area contributed by atoms with E-state index in [1.54, 1.807) is 0 Å². The number of hydrogen-bond donors (Lipinski definition) is 1. The second-order valence-electron chi connectivity index (χ2n) is 7.68. The lowest BCUT2D eigenvalue weighted by atomic mass is 9.68. The van der Waals surface area contributed by atoms with Gasteiger partial charge in [0.05, 0.1) is 5.60 Å². The Bertz CT molecular complexity index is 272. The molecule has 2 fully saturated rings. The van der Waals surface area contributed by atoms with E-state index in [0.29, 0.717) is 6.04 Å². The summed E-state index contributed by atoms with van der Waals surface area (Å²) in [5.74, 6) is 2.65. The third-order valence-corrected chi connectivity index (χ3v) is 5.73. The maximum absolute atomic E-state index is 5.89. The first-order valence-corrected chi connectivity index (χ1v) is 8.87. The molecule has 0 aromatic heterocycles. The van der Waals surface area contributed by atoms with Crippen molar-refractivity contribution in [3.63, 3.8) is 0 Å². The summed E-state index contributed by atoms with van der Waals surface area (Å²) >= 11 is 0.